The first-order valence-electron chi connectivity index (χ1n) is 15.7. The zero-order chi connectivity index (χ0) is 36.4. The van der Waals surface area contributed by atoms with Crippen LogP contribution in [0.25, 0.3) is 11.1 Å². The number of hydrogen-bond donors (Lipinski definition) is 2. The van der Waals surface area contributed by atoms with E-state index in [2.05, 4.69) is 5.32 Å². The summed E-state index contributed by atoms with van der Waals surface area (Å²) in [7, 11) is 1.55. The lowest BCUT2D eigenvalue weighted by atomic mass is 9.92. The first kappa shape index (κ1) is 38.0. The number of ether oxygens (including phenoxy) is 1. The summed E-state index contributed by atoms with van der Waals surface area (Å²) in [5.41, 5.74) is -0.747. The molecule has 0 aliphatic carbocycles. The number of methoxy groups -OCH3 is 1. The molecule has 1 aliphatic heterocycles. The zero-order valence-corrected chi connectivity index (χ0v) is 28.5. The van der Waals surface area contributed by atoms with Crippen LogP contribution in [0.3, 0.4) is 0 Å². The summed E-state index contributed by atoms with van der Waals surface area (Å²) < 4.78 is 78.0. The minimum absolute atomic E-state index is 0.00474. The Bertz CT molecular complexity index is 1750. The highest BCUT2D eigenvalue weighted by molar-refractivity contribution is 6.31. The first-order chi connectivity index (χ1) is 22.9. The van der Waals surface area contributed by atoms with Crippen LogP contribution in [0.4, 0.5) is 22.0 Å². The van der Waals surface area contributed by atoms with E-state index < -0.39 is 59.3 Å². The van der Waals surface area contributed by atoms with Crippen molar-refractivity contribution >= 4 is 23.5 Å². The molecule has 0 bridgehead atoms. The Balaban J connectivity index is 1.75. The lowest BCUT2D eigenvalue weighted by molar-refractivity contribution is -0.139. The summed E-state index contributed by atoms with van der Waals surface area (Å²) in [6, 6.07) is 2.80. The van der Waals surface area contributed by atoms with Gasteiger partial charge >= 0.3 is 12.1 Å². The fraction of sp³-hybridized carbons (Fsp3) is 0.457. The van der Waals surface area contributed by atoms with E-state index in [1.165, 1.54) is 24.3 Å². The Hall–Kier alpha value is -3.81. The lowest BCUT2D eigenvalue weighted by Gasteiger charge is -2.38. The maximum Gasteiger partial charge on any atom is 0.416 e. The van der Waals surface area contributed by atoms with Gasteiger partial charge in [0, 0.05) is 44.6 Å². The molecule has 8 nitrogen and oxygen atoms in total. The second kappa shape index (κ2) is 15.4. The van der Waals surface area contributed by atoms with Crippen LogP contribution in [-0.4, -0.2) is 59.3 Å². The van der Waals surface area contributed by atoms with Gasteiger partial charge < -0.3 is 19.7 Å². The van der Waals surface area contributed by atoms with Crippen molar-refractivity contribution in [2.75, 3.05) is 26.7 Å². The number of alkyl halides is 3. The number of carbonyl (C=O) groups is 2. The maximum atomic E-state index is 15.6. The third-order valence-corrected chi connectivity index (χ3v) is 8.94. The predicted octanol–water partition coefficient (Wildman–Crippen LogP) is 6.88. The Morgan fingerprint density at radius 2 is 1.71 bits per heavy atom. The molecule has 1 aliphatic rings. The molecule has 266 valence electrons. The first-order valence-corrected chi connectivity index (χ1v) is 16.1. The Labute approximate surface area is 285 Å². The average Bonchev–Trinajstić information content (AvgIpc) is 2.95. The minimum atomic E-state index is -4.83. The van der Waals surface area contributed by atoms with Gasteiger partial charge in [0.25, 0.3) is 5.56 Å². The zero-order valence-electron chi connectivity index (χ0n) is 27.8. The second-order valence-corrected chi connectivity index (χ2v) is 13.3. The van der Waals surface area contributed by atoms with E-state index in [0.29, 0.717) is 41.4 Å². The summed E-state index contributed by atoms with van der Waals surface area (Å²) in [6.45, 7) is 8.13. The van der Waals surface area contributed by atoms with Crippen molar-refractivity contribution in [3.63, 3.8) is 0 Å². The number of pyridine rings is 1. The highest BCUT2D eigenvalue weighted by Gasteiger charge is 2.37. The van der Waals surface area contributed by atoms with E-state index in [9.17, 15) is 37.1 Å². The van der Waals surface area contributed by atoms with Crippen molar-refractivity contribution < 1.29 is 41.4 Å². The Morgan fingerprint density at radius 3 is 2.27 bits per heavy atom. The van der Waals surface area contributed by atoms with Gasteiger partial charge in [-0.05, 0) is 84.7 Å². The van der Waals surface area contributed by atoms with Crippen molar-refractivity contribution in [1.29, 1.82) is 0 Å². The molecule has 2 unspecified atom stereocenters. The third-order valence-electron chi connectivity index (χ3n) is 8.67. The Morgan fingerprint density at radius 1 is 1.08 bits per heavy atom. The van der Waals surface area contributed by atoms with Gasteiger partial charge in [-0.15, -0.1) is 0 Å². The molecule has 49 heavy (non-hydrogen) atoms. The van der Waals surface area contributed by atoms with Gasteiger partial charge in [0.15, 0.2) is 0 Å². The quantitative estimate of drug-likeness (QED) is 0.188. The molecule has 4 rings (SSSR count). The topological polar surface area (TPSA) is 101 Å². The summed E-state index contributed by atoms with van der Waals surface area (Å²) in [5, 5.41) is 11.9. The van der Waals surface area contributed by atoms with Crippen molar-refractivity contribution in [3.05, 3.63) is 91.4 Å². The Kier molecular flexibility index (Phi) is 11.9. The van der Waals surface area contributed by atoms with E-state index in [1.807, 2.05) is 4.90 Å². The van der Waals surface area contributed by atoms with Gasteiger partial charge in [0.2, 0.25) is 5.91 Å². The fourth-order valence-electron chi connectivity index (χ4n) is 6.28. The number of likely N-dealkylation sites (tertiary alicyclic amines) is 1. The van der Waals surface area contributed by atoms with E-state index >= 15 is 4.39 Å². The molecule has 2 aromatic carbocycles. The number of carbonyl (C=O) groups excluding carboxylic acids is 1. The molecule has 2 heterocycles. The molecule has 1 aromatic heterocycles. The average molecular weight is 712 g/mol. The number of hydrogen-bond acceptors (Lipinski definition) is 5. The molecule has 3 aromatic rings. The normalized spacial score (nSPS) is 15.3. The number of carboxylic acids is 1. The van der Waals surface area contributed by atoms with E-state index in [4.69, 9.17) is 16.3 Å². The number of nitrogens with zero attached hydrogens (tertiary/aromatic N) is 2. The van der Waals surface area contributed by atoms with Crippen LogP contribution in [0, 0.1) is 31.4 Å². The van der Waals surface area contributed by atoms with Crippen LogP contribution >= 0.6 is 11.6 Å². The number of nitrogens with one attached hydrogen (secondary N) is 1. The molecule has 0 spiro atoms. The molecule has 1 saturated heterocycles. The third kappa shape index (κ3) is 9.06. The summed E-state index contributed by atoms with van der Waals surface area (Å²) >= 11 is 6.26. The molecule has 1 fully saturated rings. The molecular weight excluding hydrogens is 673 g/mol. The molecule has 0 saturated carbocycles. The summed E-state index contributed by atoms with van der Waals surface area (Å²) in [6.07, 6.45) is -4.67. The van der Waals surface area contributed by atoms with Crippen LogP contribution < -0.4 is 10.9 Å². The highest BCUT2D eigenvalue weighted by atomic mass is 35.5. The molecule has 0 radical (unpaired) electrons. The largest absolute Gasteiger partial charge is 0.481 e. The van der Waals surface area contributed by atoms with Crippen molar-refractivity contribution in [3.8, 4) is 11.1 Å². The van der Waals surface area contributed by atoms with Gasteiger partial charge in [-0.25, -0.2) is 8.78 Å². The van der Waals surface area contributed by atoms with Crippen molar-refractivity contribution in [2.24, 2.45) is 5.92 Å². The maximum absolute atomic E-state index is 15.6. The molecule has 14 heteroatoms. The molecule has 1 amide bonds. The van der Waals surface area contributed by atoms with E-state index in [0.717, 1.165) is 10.8 Å². The molecular formula is C35H39ClF5N3O5. The number of benzene rings is 2. The number of aliphatic carboxylic acids is 1. The van der Waals surface area contributed by atoms with Gasteiger partial charge in [0.05, 0.1) is 29.2 Å². The van der Waals surface area contributed by atoms with Crippen LogP contribution in [0.15, 0.2) is 41.3 Å². The number of halogens is 6. The smallest absolute Gasteiger partial charge is 0.416 e. The number of rotatable bonds is 13. The van der Waals surface area contributed by atoms with Crippen LogP contribution in [0.1, 0.15) is 66.6 Å². The molecule has 2 N–H and O–H groups in total. The van der Waals surface area contributed by atoms with Crippen LogP contribution in [0.2, 0.25) is 5.02 Å². The minimum Gasteiger partial charge on any atom is -0.481 e. The van der Waals surface area contributed by atoms with Gasteiger partial charge in [-0.1, -0.05) is 25.4 Å². The van der Waals surface area contributed by atoms with Gasteiger partial charge in [0.1, 0.15) is 17.7 Å². The van der Waals surface area contributed by atoms with Crippen molar-refractivity contribution in [1.82, 2.24) is 14.8 Å². The van der Waals surface area contributed by atoms with Gasteiger partial charge in [-0.2, -0.15) is 13.2 Å². The number of amides is 1. The standard InChI is InChI=1S/C35H39ClF5N3O5/c1-18(2)8-29(44-15-21(6-7-43-16-24(17-43)49-5)26(13-30(44)45)35(39,40)41)34(48)42-28(14-31(46)47)25-11-22(12-27(36)33(25)38)32-19(3)9-23(37)10-20(32)4/h9-13,15,18,24,28-29H,6-8,14,16-17H2,1-5H3,(H,42,48)(H,46,47). The van der Waals surface area contributed by atoms with Crippen LogP contribution in [0.5, 0.6) is 0 Å². The predicted molar refractivity (Wildman–Crippen MR) is 175 cm³/mol. The number of aryl methyl sites for hydroxylation is 2. The SMILES string of the molecule is COC1CN(CCc2cn(C(CC(C)C)C(=O)NC(CC(=O)O)c3cc(-c4c(C)cc(F)cc4C)cc(Cl)c3F)c(=O)cc2C(F)(F)F)C1. The monoisotopic (exact) mass is 711 g/mol. The number of carboxylic acid groups (broad SMARTS) is 1. The van der Waals surface area contributed by atoms with Crippen molar-refractivity contribution in [2.45, 2.75) is 71.3 Å². The molecule has 2 atom stereocenters. The van der Waals surface area contributed by atoms with Crippen LogP contribution in [-0.2, 0) is 26.9 Å². The highest BCUT2D eigenvalue weighted by Crippen LogP contribution is 2.36. The van der Waals surface area contributed by atoms with Gasteiger partial charge in [-0.3, -0.25) is 19.3 Å². The summed E-state index contributed by atoms with van der Waals surface area (Å²) in [4.78, 5) is 41.1. The van der Waals surface area contributed by atoms with E-state index in [-0.39, 0.29) is 47.6 Å². The van der Waals surface area contributed by atoms with E-state index in [1.54, 1.807) is 34.8 Å². The second-order valence-electron chi connectivity index (χ2n) is 12.9. The fourth-order valence-corrected chi connectivity index (χ4v) is 6.51. The summed E-state index contributed by atoms with van der Waals surface area (Å²) in [5.74, 6) is -4.01. The number of aromatic nitrogens is 1. The lowest BCUT2D eigenvalue weighted by Crippen LogP contribution is -2.52.